The number of non-ortho nitro benzene ring substituents is 2. The van der Waals surface area contributed by atoms with Gasteiger partial charge in [0, 0.05) is 69.5 Å². The monoisotopic (exact) mass is 1100 g/mol. The van der Waals surface area contributed by atoms with Gasteiger partial charge in [-0.15, -0.1) is 0 Å². The Labute approximate surface area is 488 Å². The second-order valence-corrected chi connectivity index (χ2v) is 22.1. The van der Waals surface area contributed by atoms with Gasteiger partial charge >= 0.3 is 5.97 Å². The van der Waals surface area contributed by atoms with Crippen molar-refractivity contribution in [3.05, 3.63) is 272 Å². The van der Waals surface area contributed by atoms with Crippen LogP contribution >= 0.6 is 0 Å². The van der Waals surface area contributed by atoms with Crippen LogP contribution in [0.3, 0.4) is 0 Å². The topological polar surface area (TPSA) is 145 Å². The molecule has 9 aromatic carbocycles. The van der Waals surface area contributed by atoms with Crippen molar-refractivity contribution in [2.45, 2.75) is 51.4 Å². The van der Waals surface area contributed by atoms with Crippen molar-refractivity contribution in [1.82, 2.24) is 9.97 Å². The van der Waals surface area contributed by atoms with Gasteiger partial charge in [0.15, 0.2) is 0 Å². The van der Waals surface area contributed by atoms with Crippen molar-refractivity contribution in [2.75, 3.05) is 16.9 Å². The molecule has 0 unspecified atom stereocenters. The molecule has 0 radical (unpaired) electrons. The number of nitro groups is 2. The molecule has 2 aliphatic rings. The van der Waals surface area contributed by atoms with Gasteiger partial charge in [-0.05, 0) is 180 Å². The number of ether oxygens (including phenoxy) is 1. The summed E-state index contributed by atoms with van der Waals surface area (Å²) >= 11 is 0. The maximum Gasteiger partial charge on any atom is 0.311 e. The molecular formula is C72H60N6O6. The molecule has 3 atom stereocenters. The predicted octanol–water partition coefficient (Wildman–Crippen LogP) is 18.2. The second-order valence-electron chi connectivity index (χ2n) is 22.1. The highest BCUT2D eigenvalue weighted by molar-refractivity contribution is 5.91. The maximum atomic E-state index is 13.5. The molecule has 414 valence electrons. The first-order valence-electron chi connectivity index (χ1n) is 28.3. The molecule has 0 aliphatic heterocycles. The van der Waals surface area contributed by atoms with Crippen LogP contribution in [0.15, 0.2) is 218 Å². The molecule has 2 aliphatic carbocycles. The number of carbonyl (C=O) groups is 1. The average Bonchev–Trinajstić information content (AvgIpc) is 3.33. The molecule has 1 heterocycles. The highest BCUT2D eigenvalue weighted by Gasteiger charge is 2.56. The van der Waals surface area contributed by atoms with Gasteiger partial charge in [-0.25, -0.2) is 9.97 Å². The van der Waals surface area contributed by atoms with Crippen LogP contribution in [0, 0.1) is 31.6 Å². The largest absolute Gasteiger partial charge is 0.469 e. The lowest BCUT2D eigenvalue weighted by molar-refractivity contribution is -0.385. The Hall–Kier alpha value is -10.3. The van der Waals surface area contributed by atoms with Crippen LogP contribution in [0.2, 0.25) is 0 Å². The van der Waals surface area contributed by atoms with E-state index in [2.05, 4.69) is 157 Å². The van der Waals surface area contributed by atoms with E-state index in [1.165, 1.54) is 42.5 Å². The third-order valence-corrected chi connectivity index (χ3v) is 17.1. The van der Waals surface area contributed by atoms with Crippen molar-refractivity contribution in [3.8, 4) is 22.5 Å². The molecular weight excluding hydrogens is 1040 g/mol. The minimum absolute atomic E-state index is 0.0569. The lowest BCUT2D eigenvalue weighted by atomic mass is 9.49. The van der Waals surface area contributed by atoms with Crippen LogP contribution in [0.5, 0.6) is 0 Å². The number of hydrogen-bond donors (Lipinski definition) is 0. The van der Waals surface area contributed by atoms with E-state index in [-0.39, 0.29) is 28.7 Å². The van der Waals surface area contributed by atoms with Gasteiger partial charge in [0.05, 0.1) is 44.8 Å². The molecule has 0 saturated heterocycles. The number of nitro benzene ring substituents is 2. The standard InChI is InChI=1S/C72H60N6O6/c1-71-47-10-48-72(2,70(79)84-3)66(71)46-43-63-64(71)44-45-65-69(63)74-68(54-29-41-60(42-30-54)76(56-13-8-5-9-14-56)58-33-21-50(22-34-58)16-18-52-25-37-62(38-26-52)78(82)83)67(73-65)53-27-39-59(40-28-53)75(55-11-6-4-7-12-55)57-31-19-49(20-32-57)15-17-51-23-35-61(36-24-51)77(80)81/h4-9,11-42,44-45,66H,10,43,46-48H2,1-3H3/b17-15+,18-16+/t66-,71+,72+/m0/s1. The number of anilines is 6. The van der Waals surface area contributed by atoms with Crippen LogP contribution in [0.25, 0.3) is 57.9 Å². The Morgan fingerprint density at radius 3 is 1.32 bits per heavy atom. The summed E-state index contributed by atoms with van der Waals surface area (Å²) in [6.07, 6.45) is 12.2. The minimum Gasteiger partial charge on any atom is -0.469 e. The van der Waals surface area contributed by atoms with E-state index in [0.717, 1.165) is 122 Å². The summed E-state index contributed by atoms with van der Waals surface area (Å²) in [6.45, 7) is 4.44. The summed E-state index contributed by atoms with van der Waals surface area (Å²) in [5, 5.41) is 22.4. The number of nitrogens with zero attached hydrogens (tertiary/aromatic N) is 6. The number of methoxy groups -OCH3 is 1. The first-order chi connectivity index (χ1) is 40.9. The molecule has 1 fully saturated rings. The van der Waals surface area contributed by atoms with Crippen LogP contribution in [-0.2, 0) is 21.4 Å². The van der Waals surface area contributed by atoms with Gasteiger partial charge < -0.3 is 14.5 Å². The molecule has 84 heavy (non-hydrogen) atoms. The van der Waals surface area contributed by atoms with E-state index < -0.39 is 15.3 Å². The summed E-state index contributed by atoms with van der Waals surface area (Å²) < 4.78 is 5.47. The lowest BCUT2D eigenvalue weighted by Crippen LogP contribution is -2.52. The summed E-state index contributed by atoms with van der Waals surface area (Å²) in [6, 6.07) is 71.7. The fourth-order valence-corrected chi connectivity index (χ4v) is 12.8. The zero-order valence-corrected chi connectivity index (χ0v) is 46.8. The minimum atomic E-state index is -0.581. The van der Waals surface area contributed by atoms with E-state index in [1.54, 1.807) is 24.3 Å². The predicted molar refractivity (Wildman–Crippen MR) is 337 cm³/mol. The Morgan fingerprint density at radius 2 is 0.905 bits per heavy atom. The Kier molecular flexibility index (Phi) is 14.8. The number of benzene rings is 9. The summed E-state index contributed by atoms with van der Waals surface area (Å²) in [7, 11) is 1.51. The van der Waals surface area contributed by atoms with Crippen LogP contribution in [0.1, 0.15) is 72.9 Å². The molecule has 10 aromatic rings. The van der Waals surface area contributed by atoms with Gasteiger partial charge in [-0.3, -0.25) is 25.0 Å². The van der Waals surface area contributed by atoms with Crippen LogP contribution in [0.4, 0.5) is 45.5 Å². The number of esters is 1. The van der Waals surface area contributed by atoms with Crippen LogP contribution in [-0.4, -0.2) is 32.9 Å². The Balaban J connectivity index is 0.917. The first-order valence-corrected chi connectivity index (χ1v) is 28.3. The van der Waals surface area contributed by atoms with Gasteiger partial charge in [0.1, 0.15) is 0 Å². The highest BCUT2D eigenvalue weighted by atomic mass is 16.6. The van der Waals surface area contributed by atoms with Crippen molar-refractivity contribution < 1.29 is 19.4 Å². The number of rotatable bonds is 15. The number of carbonyl (C=O) groups excluding carboxylic acids is 1. The lowest BCUT2D eigenvalue weighted by Gasteiger charge is -2.54. The van der Waals surface area contributed by atoms with Gasteiger partial charge in [0.2, 0.25) is 0 Å². The zero-order chi connectivity index (χ0) is 58.0. The van der Waals surface area contributed by atoms with Crippen molar-refractivity contribution >= 4 is 86.8 Å². The Bertz CT molecular complexity index is 4120. The van der Waals surface area contributed by atoms with Crippen LogP contribution < -0.4 is 9.80 Å². The van der Waals surface area contributed by atoms with E-state index in [4.69, 9.17) is 14.7 Å². The molecule has 0 amide bonds. The van der Waals surface area contributed by atoms with Crippen molar-refractivity contribution in [3.63, 3.8) is 0 Å². The third kappa shape index (κ3) is 10.6. The molecule has 0 N–H and O–H groups in total. The average molecular weight is 1110 g/mol. The molecule has 12 nitrogen and oxygen atoms in total. The normalized spacial score (nSPS) is 17.3. The highest BCUT2D eigenvalue weighted by Crippen LogP contribution is 2.58. The molecule has 0 bridgehead atoms. The van der Waals surface area contributed by atoms with Crippen molar-refractivity contribution in [2.24, 2.45) is 11.3 Å². The number of fused-ring (bicyclic) bond motifs is 5. The Morgan fingerprint density at radius 1 is 0.512 bits per heavy atom. The van der Waals surface area contributed by atoms with Gasteiger partial charge in [-0.1, -0.05) is 129 Å². The fourth-order valence-electron chi connectivity index (χ4n) is 12.8. The van der Waals surface area contributed by atoms with Gasteiger partial charge in [0.25, 0.3) is 11.4 Å². The quantitative estimate of drug-likeness (QED) is 0.0421. The smallest absolute Gasteiger partial charge is 0.311 e. The molecule has 12 rings (SSSR count). The summed E-state index contributed by atoms with van der Waals surface area (Å²) in [5.74, 6) is -0.00652. The van der Waals surface area contributed by atoms with E-state index in [1.807, 2.05) is 60.7 Å². The molecule has 12 heteroatoms. The second kappa shape index (κ2) is 22.9. The number of hydrogen-bond acceptors (Lipinski definition) is 10. The number of aryl methyl sites for hydroxylation is 1. The molecule has 1 saturated carbocycles. The molecule has 1 aromatic heterocycles. The van der Waals surface area contributed by atoms with E-state index in [9.17, 15) is 25.0 Å². The number of aromatic nitrogens is 2. The zero-order valence-electron chi connectivity index (χ0n) is 46.8. The third-order valence-electron chi connectivity index (χ3n) is 17.1. The molecule has 0 spiro atoms. The number of para-hydroxylation sites is 2. The first kappa shape index (κ1) is 54.3. The summed E-state index contributed by atoms with van der Waals surface area (Å²) in [5.41, 5.74) is 16.3. The maximum absolute atomic E-state index is 13.5. The van der Waals surface area contributed by atoms with Gasteiger partial charge in [-0.2, -0.15) is 0 Å². The fraction of sp³-hybridized carbons (Fsp3) is 0.153. The SMILES string of the molecule is COC(=O)[C@]1(C)CCC[C@]2(C)c3ccc4nc(-c5ccc(N(c6ccccc6)c6ccc(/C=C/c7ccc([N+](=O)[O-])cc7)cc6)cc5)c(-c5ccc(N(c6ccccc6)c6ccc(/C=C/c7ccc([N+](=O)[O-])cc7)cc6)cc5)nc4c3CC[C@H]12. The van der Waals surface area contributed by atoms with E-state index >= 15 is 0 Å². The van der Waals surface area contributed by atoms with E-state index in [0.29, 0.717) is 0 Å². The summed E-state index contributed by atoms with van der Waals surface area (Å²) in [4.78, 5) is 50.9. The van der Waals surface area contributed by atoms with Crippen molar-refractivity contribution in [1.29, 1.82) is 0 Å².